The Kier molecular flexibility index (Phi) is 6.00. The predicted molar refractivity (Wildman–Crippen MR) is 90.1 cm³/mol. The third-order valence-electron chi connectivity index (χ3n) is 4.03. The molecule has 0 spiro atoms. The number of carbonyl (C=O) groups is 1. The molecule has 0 aliphatic carbocycles. The van der Waals surface area contributed by atoms with E-state index in [2.05, 4.69) is 49.9 Å². The minimum absolute atomic E-state index is 0.0649. The summed E-state index contributed by atoms with van der Waals surface area (Å²) in [5.41, 5.74) is 2.81. The first-order valence-corrected chi connectivity index (χ1v) is 8.18. The molecule has 0 radical (unpaired) electrons. The van der Waals surface area contributed by atoms with Gasteiger partial charge in [0.05, 0.1) is 0 Å². The molecule has 2 heteroatoms. The molecule has 2 rings (SSSR count). The van der Waals surface area contributed by atoms with Crippen molar-refractivity contribution in [1.82, 2.24) is 4.90 Å². The van der Waals surface area contributed by atoms with Crippen LogP contribution in [0.2, 0.25) is 0 Å². The summed E-state index contributed by atoms with van der Waals surface area (Å²) >= 11 is 0. The first kappa shape index (κ1) is 17.7. The molecular weight excluding hydrogens is 258 g/mol. The summed E-state index contributed by atoms with van der Waals surface area (Å²) in [6.07, 6.45) is 0.970. The van der Waals surface area contributed by atoms with E-state index in [1.54, 1.807) is 0 Å². The van der Waals surface area contributed by atoms with Crippen molar-refractivity contribution in [2.45, 2.75) is 67.5 Å². The molecule has 0 saturated carbocycles. The third kappa shape index (κ3) is 4.09. The molecule has 118 valence electrons. The van der Waals surface area contributed by atoms with Gasteiger partial charge in [-0.15, -0.1) is 0 Å². The molecule has 1 atom stereocenters. The summed E-state index contributed by atoms with van der Waals surface area (Å²) in [4.78, 5) is 14.6. The van der Waals surface area contributed by atoms with Crippen LogP contribution < -0.4 is 0 Å². The number of rotatable bonds is 1. The Morgan fingerprint density at radius 2 is 1.67 bits per heavy atom. The number of hydrogen-bond donors (Lipinski definition) is 0. The van der Waals surface area contributed by atoms with Crippen LogP contribution in [0.3, 0.4) is 0 Å². The highest BCUT2D eigenvalue weighted by Crippen LogP contribution is 2.34. The quantitative estimate of drug-likeness (QED) is 0.736. The van der Waals surface area contributed by atoms with Gasteiger partial charge in [0.2, 0.25) is 5.91 Å². The molecule has 0 bridgehead atoms. The van der Waals surface area contributed by atoms with Crippen LogP contribution in [0.4, 0.5) is 0 Å². The fourth-order valence-electron chi connectivity index (χ4n) is 2.86. The predicted octanol–water partition coefficient (Wildman–Crippen LogP) is 4.67. The first-order valence-electron chi connectivity index (χ1n) is 8.18. The smallest absolute Gasteiger partial charge is 0.225 e. The van der Waals surface area contributed by atoms with Crippen molar-refractivity contribution in [2.24, 2.45) is 11.3 Å². The van der Waals surface area contributed by atoms with Crippen LogP contribution in [0.1, 0.15) is 59.6 Å². The Hall–Kier alpha value is -1.31. The average Bonchev–Trinajstić information content (AvgIpc) is 2.46. The van der Waals surface area contributed by atoms with Crippen LogP contribution in [0.5, 0.6) is 0 Å². The average molecular weight is 289 g/mol. The maximum absolute atomic E-state index is 12.5. The molecule has 1 heterocycles. The lowest BCUT2D eigenvalue weighted by molar-refractivity contribution is -0.140. The Bertz CT molecular complexity index is 471. The van der Waals surface area contributed by atoms with Crippen molar-refractivity contribution in [3.63, 3.8) is 0 Å². The van der Waals surface area contributed by atoms with Gasteiger partial charge in [-0.3, -0.25) is 4.79 Å². The second-order valence-corrected chi connectivity index (χ2v) is 6.98. The summed E-state index contributed by atoms with van der Waals surface area (Å²) in [6.45, 7) is 15.4. The second kappa shape index (κ2) is 7.11. The lowest BCUT2D eigenvalue weighted by Crippen LogP contribution is -2.51. The zero-order chi connectivity index (χ0) is 16.2. The largest absolute Gasteiger partial charge is 0.334 e. The molecule has 0 aromatic heterocycles. The number of hydrogen-bond acceptors (Lipinski definition) is 1. The van der Waals surface area contributed by atoms with E-state index in [0.29, 0.717) is 0 Å². The standard InChI is InChI=1S/C17H25NO.C2H6/c1-12(2)16(19)18-11-14-9-7-6-8-13(14)10-15(18)17(3,4)5;1-2/h6-9,12,15H,10-11H2,1-5H3;1-2H3. The van der Waals surface area contributed by atoms with Gasteiger partial charge in [0.1, 0.15) is 0 Å². The van der Waals surface area contributed by atoms with Gasteiger partial charge in [-0.25, -0.2) is 0 Å². The van der Waals surface area contributed by atoms with Crippen LogP contribution in [0.25, 0.3) is 0 Å². The van der Waals surface area contributed by atoms with E-state index in [-0.39, 0.29) is 23.3 Å². The molecule has 0 N–H and O–H groups in total. The molecule has 0 saturated heterocycles. The van der Waals surface area contributed by atoms with E-state index in [4.69, 9.17) is 0 Å². The maximum Gasteiger partial charge on any atom is 0.225 e. The lowest BCUT2D eigenvalue weighted by Gasteiger charge is -2.44. The highest BCUT2D eigenvalue weighted by atomic mass is 16.2. The fraction of sp³-hybridized carbons (Fsp3) is 0.632. The topological polar surface area (TPSA) is 20.3 Å². The van der Waals surface area contributed by atoms with Gasteiger partial charge in [-0.1, -0.05) is 72.7 Å². The minimum Gasteiger partial charge on any atom is -0.334 e. The normalized spacial score (nSPS) is 17.9. The highest BCUT2D eigenvalue weighted by Gasteiger charge is 2.37. The van der Waals surface area contributed by atoms with Crippen molar-refractivity contribution >= 4 is 5.91 Å². The van der Waals surface area contributed by atoms with Crippen molar-refractivity contribution in [3.05, 3.63) is 35.4 Å². The molecule has 1 unspecified atom stereocenters. The Morgan fingerprint density at radius 3 is 2.14 bits per heavy atom. The van der Waals surface area contributed by atoms with Gasteiger partial charge in [0.25, 0.3) is 0 Å². The molecule has 21 heavy (non-hydrogen) atoms. The van der Waals surface area contributed by atoms with Crippen LogP contribution in [-0.2, 0) is 17.8 Å². The Morgan fingerprint density at radius 1 is 1.14 bits per heavy atom. The SMILES string of the molecule is CC.CC(C)C(=O)N1Cc2ccccc2CC1C(C)(C)C. The summed E-state index contributed by atoms with van der Waals surface area (Å²) in [5, 5.41) is 0. The molecule has 1 aliphatic rings. The molecule has 1 aliphatic heterocycles. The van der Waals surface area contributed by atoms with Crippen LogP contribution >= 0.6 is 0 Å². The van der Waals surface area contributed by atoms with Crippen molar-refractivity contribution in [1.29, 1.82) is 0 Å². The Balaban J connectivity index is 0.00000106. The molecule has 1 aromatic rings. The molecular formula is C19H31NO. The zero-order valence-electron chi connectivity index (χ0n) is 14.7. The number of amides is 1. The van der Waals surface area contributed by atoms with E-state index < -0.39 is 0 Å². The first-order chi connectivity index (χ1) is 9.80. The number of fused-ring (bicyclic) bond motifs is 1. The van der Waals surface area contributed by atoms with Crippen LogP contribution in [-0.4, -0.2) is 16.8 Å². The van der Waals surface area contributed by atoms with E-state index in [1.165, 1.54) is 11.1 Å². The number of carbonyl (C=O) groups excluding carboxylic acids is 1. The van der Waals surface area contributed by atoms with Gasteiger partial charge in [-0.2, -0.15) is 0 Å². The molecule has 2 nitrogen and oxygen atoms in total. The maximum atomic E-state index is 12.5. The van der Waals surface area contributed by atoms with Crippen molar-refractivity contribution < 1.29 is 4.79 Å². The van der Waals surface area contributed by atoms with Gasteiger partial charge in [0.15, 0.2) is 0 Å². The van der Waals surface area contributed by atoms with E-state index >= 15 is 0 Å². The van der Waals surface area contributed by atoms with Gasteiger partial charge < -0.3 is 4.90 Å². The second-order valence-electron chi connectivity index (χ2n) is 6.98. The summed E-state index contributed by atoms with van der Waals surface area (Å²) < 4.78 is 0. The zero-order valence-corrected chi connectivity index (χ0v) is 14.7. The fourth-order valence-corrected chi connectivity index (χ4v) is 2.86. The molecule has 0 fully saturated rings. The summed E-state index contributed by atoms with van der Waals surface area (Å²) in [6, 6.07) is 8.80. The Labute approximate surface area is 130 Å². The van der Waals surface area contributed by atoms with Crippen molar-refractivity contribution in [2.75, 3.05) is 0 Å². The van der Waals surface area contributed by atoms with Crippen LogP contribution in [0.15, 0.2) is 24.3 Å². The van der Waals surface area contributed by atoms with Gasteiger partial charge in [0, 0.05) is 18.5 Å². The number of benzene rings is 1. The molecule has 1 aromatic carbocycles. The summed E-state index contributed by atoms with van der Waals surface area (Å²) in [7, 11) is 0. The highest BCUT2D eigenvalue weighted by molar-refractivity contribution is 5.79. The minimum atomic E-state index is 0.0649. The number of nitrogens with zero attached hydrogens (tertiary/aromatic N) is 1. The van der Waals surface area contributed by atoms with Crippen LogP contribution in [0, 0.1) is 11.3 Å². The van der Waals surface area contributed by atoms with Crippen molar-refractivity contribution in [3.8, 4) is 0 Å². The van der Waals surface area contributed by atoms with E-state index in [9.17, 15) is 4.79 Å². The van der Waals surface area contributed by atoms with E-state index in [0.717, 1.165) is 13.0 Å². The van der Waals surface area contributed by atoms with E-state index in [1.807, 2.05) is 27.7 Å². The van der Waals surface area contributed by atoms with Gasteiger partial charge in [-0.05, 0) is 23.0 Å². The molecule has 1 amide bonds. The van der Waals surface area contributed by atoms with Gasteiger partial charge >= 0.3 is 0 Å². The lowest BCUT2D eigenvalue weighted by atomic mass is 9.78. The third-order valence-corrected chi connectivity index (χ3v) is 4.03. The summed E-state index contributed by atoms with van der Waals surface area (Å²) in [5.74, 6) is 0.338. The monoisotopic (exact) mass is 289 g/mol.